The van der Waals surface area contributed by atoms with Gasteiger partial charge in [-0.15, -0.1) is 0 Å². The number of rotatable bonds is 1. The monoisotopic (exact) mass is 188 g/mol. The summed E-state index contributed by atoms with van der Waals surface area (Å²) in [4.78, 5) is 10.4. The minimum Gasteiger partial charge on any atom is -0.545 e. The standard InChI is InChI=1S/C9H10O2.K/c1-6-3-4-8(9(10)11)5-7(6)2;/h3-5H,1-2H3,(H,10,11);/q;+1/p-1. The van der Waals surface area contributed by atoms with Gasteiger partial charge in [0.15, 0.2) is 0 Å². The Bertz CT molecular complexity index is 295. The van der Waals surface area contributed by atoms with E-state index < -0.39 is 5.97 Å². The van der Waals surface area contributed by atoms with Gasteiger partial charge in [0.25, 0.3) is 0 Å². The molecule has 0 saturated heterocycles. The third-order valence-electron chi connectivity index (χ3n) is 1.74. The van der Waals surface area contributed by atoms with Gasteiger partial charge >= 0.3 is 51.4 Å². The van der Waals surface area contributed by atoms with Crippen molar-refractivity contribution in [3.63, 3.8) is 0 Å². The van der Waals surface area contributed by atoms with Crippen molar-refractivity contribution in [3.05, 3.63) is 34.9 Å². The van der Waals surface area contributed by atoms with Crippen LogP contribution in [0, 0.1) is 13.8 Å². The fraction of sp³-hybridized carbons (Fsp3) is 0.222. The predicted molar refractivity (Wildman–Crippen MR) is 40.2 cm³/mol. The van der Waals surface area contributed by atoms with Crippen LogP contribution in [0.3, 0.4) is 0 Å². The molecule has 0 atom stereocenters. The molecule has 0 aliphatic carbocycles. The summed E-state index contributed by atoms with van der Waals surface area (Å²) >= 11 is 0. The van der Waals surface area contributed by atoms with Gasteiger partial charge in [0, 0.05) is 0 Å². The Kier molecular flexibility index (Phi) is 5.28. The molecule has 1 aromatic carbocycles. The summed E-state index contributed by atoms with van der Waals surface area (Å²) in [7, 11) is 0. The van der Waals surface area contributed by atoms with Gasteiger partial charge in [0.2, 0.25) is 0 Å². The van der Waals surface area contributed by atoms with Crippen molar-refractivity contribution in [2.45, 2.75) is 13.8 Å². The average molecular weight is 188 g/mol. The van der Waals surface area contributed by atoms with E-state index in [2.05, 4.69) is 0 Å². The van der Waals surface area contributed by atoms with Crippen LogP contribution in [-0.4, -0.2) is 5.97 Å². The van der Waals surface area contributed by atoms with E-state index in [1.54, 1.807) is 18.2 Å². The normalized spacial score (nSPS) is 8.83. The van der Waals surface area contributed by atoms with E-state index in [1.807, 2.05) is 13.8 Å². The van der Waals surface area contributed by atoms with Crippen LogP contribution in [0.2, 0.25) is 0 Å². The zero-order valence-electron chi connectivity index (χ0n) is 7.55. The van der Waals surface area contributed by atoms with Gasteiger partial charge in [-0.1, -0.05) is 12.1 Å². The van der Waals surface area contributed by atoms with E-state index in [9.17, 15) is 9.90 Å². The fourth-order valence-corrected chi connectivity index (χ4v) is 0.868. The number of aromatic carboxylic acids is 1. The van der Waals surface area contributed by atoms with E-state index in [4.69, 9.17) is 0 Å². The quantitative estimate of drug-likeness (QED) is 0.464. The van der Waals surface area contributed by atoms with E-state index >= 15 is 0 Å². The summed E-state index contributed by atoms with van der Waals surface area (Å²) in [6, 6.07) is 4.95. The van der Waals surface area contributed by atoms with Gasteiger partial charge in [-0.05, 0) is 36.6 Å². The van der Waals surface area contributed by atoms with Crippen molar-refractivity contribution in [3.8, 4) is 0 Å². The van der Waals surface area contributed by atoms with Gasteiger partial charge in [-0.3, -0.25) is 0 Å². The maximum Gasteiger partial charge on any atom is 1.00 e. The van der Waals surface area contributed by atoms with Crippen LogP contribution in [0.4, 0.5) is 0 Å². The van der Waals surface area contributed by atoms with E-state index in [0.717, 1.165) is 11.1 Å². The molecule has 0 fully saturated rings. The molecular formula is C9H9KO2. The minimum absolute atomic E-state index is 0. The van der Waals surface area contributed by atoms with Crippen LogP contribution in [0.25, 0.3) is 0 Å². The summed E-state index contributed by atoms with van der Waals surface area (Å²) in [5.74, 6) is -1.12. The van der Waals surface area contributed by atoms with Gasteiger partial charge in [-0.2, -0.15) is 0 Å². The summed E-state index contributed by atoms with van der Waals surface area (Å²) in [5.41, 5.74) is 2.31. The summed E-state index contributed by atoms with van der Waals surface area (Å²) in [5, 5.41) is 10.4. The second-order valence-corrected chi connectivity index (χ2v) is 2.59. The molecule has 0 unspecified atom stereocenters. The Morgan fingerprint density at radius 2 is 1.83 bits per heavy atom. The van der Waals surface area contributed by atoms with Crippen molar-refractivity contribution in [1.82, 2.24) is 0 Å². The molecule has 0 amide bonds. The Morgan fingerprint density at radius 1 is 1.25 bits per heavy atom. The Labute approximate surface area is 114 Å². The zero-order valence-corrected chi connectivity index (χ0v) is 10.7. The molecule has 0 spiro atoms. The first-order valence-electron chi connectivity index (χ1n) is 3.40. The van der Waals surface area contributed by atoms with Crippen LogP contribution >= 0.6 is 0 Å². The van der Waals surface area contributed by atoms with Crippen molar-refractivity contribution < 1.29 is 61.3 Å². The van der Waals surface area contributed by atoms with Crippen LogP contribution in [0.1, 0.15) is 21.5 Å². The largest absolute Gasteiger partial charge is 1.00 e. The molecule has 0 aliphatic rings. The first-order chi connectivity index (χ1) is 5.11. The average Bonchev–Trinajstić information content (AvgIpc) is 1.94. The molecule has 0 radical (unpaired) electrons. The number of carboxylic acid groups (broad SMARTS) is 1. The van der Waals surface area contributed by atoms with Gasteiger partial charge in [0.05, 0.1) is 5.97 Å². The summed E-state index contributed by atoms with van der Waals surface area (Å²) in [6.07, 6.45) is 0. The number of hydrogen-bond acceptors (Lipinski definition) is 2. The van der Waals surface area contributed by atoms with Crippen molar-refractivity contribution in [1.29, 1.82) is 0 Å². The van der Waals surface area contributed by atoms with Crippen LogP contribution in [-0.2, 0) is 0 Å². The number of benzene rings is 1. The molecule has 0 heterocycles. The molecule has 3 heteroatoms. The van der Waals surface area contributed by atoms with Crippen molar-refractivity contribution >= 4 is 5.97 Å². The van der Waals surface area contributed by atoms with Gasteiger partial charge in [-0.25, -0.2) is 0 Å². The molecular weight excluding hydrogens is 179 g/mol. The summed E-state index contributed by atoms with van der Waals surface area (Å²) in [6.45, 7) is 3.82. The molecule has 0 saturated carbocycles. The zero-order chi connectivity index (χ0) is 8.43. The molecule has 12 heavy (non-hydrogen) atoms. The van der Waals surface area contributed by atoms with Crippen LogP contribution in [0.15, 0.2) is 18.2 Å². The molecule has 1 rings (SSSR count). The first-order valence-corrected chi connectivity index (χ1v) is 3.40. The molecule has 0 N–H and O–H groups in total. The summed E-state index contributed by atoms with van der Waals surface area (Å²) < 4.78 is 0. The first kappa shape index (κ1) is 12.3. The van der Waals surface area contributed by atoms with Crippen molar-refractivity contribution in [2.75, 3.05) is 0 Å². The fourth-order valence-electron chi connectivity index (χ4n) is 0.868. The second-order valence-electron chi connectivity index (χ2n) is 2.59. The molecule has 0 bridgehead atoms. The maximum absolute atomic E-state index is 10.4. The van der Waals surface area contributed by atoms with E-state index in [0.29, 0.717) is 0 Å². The number of hydrogen-bond donors (Lipinski definition) is 0. The molecule has 58 valence electrons. The minimum atomic E-state index is -1.12. The topological polar surface area (TPSA) is 40.1 Å². The Balaban J connectivity index is 0.00000121. The number of carbonyl (C=O) groups excluding carboxylic acids is 1. The molecule has 0 aromatic heterocycles. The van der Waals surface area contributed by atoms with E-state index in [-0.39, 0.29) is 56.9 Å². The predicted octanol–water partition coefficient (Wildman–Crippen LogP) is -2.33. The number of carbonyl (C=O) groups is 1. The Hall–Kier alpha value is 0.326. The van der Waals surface area contributed by atoms with E-state index in [1.165, 1.54) is 0 Å². The number of carboxylic acids is 1. The van der Waals surface area contributed by atoms with Crippen LogP contribution < -0.4 is 56.5 Å². The molecule has 1 aromatic rings. The third kappa shape index (κ3) is 2.99. The smallest absolute Gasteiger partial charge is 0.545 e. The maximum atomic E-state index is 10.4. The molecule has 0 aliphatic heterocycles. The third-order valence-corrected chi connectivity index (χ3v) is 1.74. The SMILES string of the molecule is Cc1ccc(C(=O)[O-])cc1C.[K+]. The Morgan fingerprint density at radius 3 is 2.25 bits per heavy atom. The second kappa shape index (κ2) is 5.14. The van der Waals surface area contributed by atoms with Crippen molar-refractivity contribution in [2.24, 2.45) is 0 Å². The molecule has 2 nitrogen and oxygen atoms in total. The number of aryl methyl sites for hydroxylation is 2. The van der Waals surface area contributed by atoms with Gasteiger partial charge in [0.1, 0.15) is 0 Å². The van der Waals surface area contributed by atoms with Crippen LogP contribution in [0.5, 0.6) is 0 Å². The van der Waals surface area contributed by atoms with Gasteiger partial charge < -0.3 is 9.90 Å².